The predicted molar refractivity (Wildman–Crippen MR) is 99.8 cm³/mol. The third-order valence-electron chi connectivity index (χ3n) is 3.53. The van der Waals surface area contributed by atoms with Gasteiger partial charge in [0.05, 0.1) is 22.6 Å². The first-order valence-corrected chi connectivity index (χ1v) is 9.51. The SMILES string of the molecule is CCCCOC(=O)c1c(NC(=O)c2csc(C)c2)sc(C(N)=O)c1C. The van der Waals surface area contributed by atoms with Crippen molar-refractivity contribution in [1.29, 1.82) is 0 Å². The Labute approximate surface area is 154 Å². The second-order valence-electron chi connectivity index (χ2n) is 5.51. The molecule has 25 heavy (non-hydrogen) atoms. The highest BCUT2D eigenvalue weighted by atomic mass is 32.1. The highest BCUT2D eigenvalue weighted by molar-refractivity contribution is 7.18. The number of carbonyl (C=O) groups excluding carboxylic acids is 3. The van der Waals surface area contributed by atoms with Crippen molar-refractivity contribution in [3.05, 3.63) is 37.9 Å². The fourth-order valence-corrected chi connectivity index (χ4v) is 3.93. The lowest BCUT2D eigenvalue weighted by molar-refractivity contribution is 0.0500. The number of amides is 2. The molecular weight excluding hydrogens is 360 g/mol. The monoisotopic (exact) mass is 380 g/mol. The van der Waals surface area contributed by atoms with Gasteiger partial charge in [0.15, 0.2) is 0 Å². The van der Waals surface area contributed by atoms with E-state index in [0.717, 1.165) is 29.1 Å². The van der Waals surface area contributed by atoms with Gasteiger partial charge in [-0.05, 0) is 31.9 Å². The third kappa shape index (κ3) is 4.46. The number of hydrogen-bond acceptors (Lipinski definition) is 6. The highest BCUT2D eigenvalue weighted by Gasteiger charge is 2.26. The lowest BCUT2D eigenvalue weighted by Crippen LogP contribution is -2.15. The summed E-state index contributed by atoms with van der Waals surface area (Å²) in [5.74, 6) is -1.55. The van der Waals surface area contributed by atoms with Crippen molar-refractivity contribution in [2.45, 2.75) is 33.6 Å². The zero-order valence-electron chi connectivity index (χ0n) is 14.3. The van der Waals surface area contributed by atoms with E-state index in [4.69, 9.17) is 10.5 Å². The molecule has 0 aliphatic carbocycles. The van der Waals surface area contributed by atoms with E-state index >= 15 is 0 Å². The molecule has 0 spiro atoms. The van der Waals surface area contributed by atoms with Crippen LogP contribution in [0.1, 0.15) is 60.6 Å². The van der Waals surface area contributed by atoms with Gasteiger partial charge < -0.3 is 15.8 Å². The maximum absolute atomic E-state index is 12.4. The van der Waals surface area contributed by atoms with Gasteiger partial charge in [0.2, 0.25) is 0 Å². The van der Waals surface area contributed by atoms with Crippen LogP contribution in [0.3, 0.4) is 0 Å². The van der Waals surface area contributed by atoms with Crippen molar-refractivity contribution in [1.82, 2.24) is 0 Å². The summed E-state index contributed by atoms with van der Waals surface area (Å²) in [6.45, 7) is 5.80. The minimum Gasteiger partial charge on any atom is -0.462 e. The number of thiophene rings is 2. The van der Waals surface area contributed by atoms with Gasteiger partial charge in [-0.15, -0.1) is 22.7 Å². The number of unbranched alkanes of at least 4 members (excludes halogenated alkanes) is 1. The first kappa shape index (κ1) is 19.1. The van der Waals surface area contributed by atoms with Gasteiger partial charge in [-0.25, -0.2) is 4.79 Å². The van der Waals surface area contributed by atoms with Gasteiger partial charge in [-0.1, -0.05) is 13.3 Å². The molecule has 2 rings (SSSR count). The van der Waals surface area contributed by atoms with Crippen molar-refractivity contribution < 1.29 is 19.1 Å². The molecule has 2 amide bonds. The molecule has 0 atom stereocenters. The minimum atomic E-state index is -0.642. The molecule has 0 aromatic carbocycles. The minimum absolute atomic E-state index is 0.190. The van der Waals surface area contributed by atoms with Crippen molar-refractivity contribution in [3.63, 3.8) is 0 Å². The Morgan fingerprint density at radius 3 is 2.56 bits per heavy atom. The van der Waals surface area contributed by atoms with Gasteiger partial charge >= 0.3 is 5.97 Å². The van der Waals surface area contributed by atoms with Crippen LogP contribution in [0.5, 0.6) is 0 Å². The molecule has 2 aromatic rings. The fourth-order valence-electron chi connectivity index (χ4n) is 2.20. The molecular formula is C17H20N2O4S2. The maximum atomic E-state index is 12.4. The molecule has 134 valence electrons. The number of rotatable bonds is 7. The van der Waals surface area contributed by atoms with Gasteiger partial charge in [0, 0.05) is 10.3 Å². The van der Waals surface area contributed by atoms with Gasteiger partial charge in [0.25, 0.3) is 11.8 Å². The molecule has 0 saturated heterocycles. The van der Waals surface area contributed by atoms with Crippen LogP contribution in [0.4, 0.5) is 5.00 Å². The van der Waals surface area contributed by atoms with Gasteiger partial charge in [-0.2, -0.15) is 0 Å². The van der Waals surface area contributed by atoms with E-state index in [0.29, 0.717) is 11.1 Å². The van der Waals surface area contributed by atoms with Gasteiger partial charge in [0.1, 0.15) is 5.00 Å². The van der Waals surface area contributed by atoms with Crippen molar-refractivity contribution in [2.75, 3.05) is 11.9 Å². The Morgan fingerprint density at radius 1 is 1.28 bits per heavy atom. The van der Waals surface area contributed by atoms with E-state index in [1.807, 2.05) is 13.8 Å². The number of hydrogen-bond donors (Lipinski definition) is 2. The second-order valence-corrected chi connectivity index (χ2v) is 7.65. The molecule has 0 aliphatic rings. The van der Waals surface area contributed by atoms with E-state index in [2.05, 4.69) is 5.32 Å². The first-order chi connectivity index (χ1) is 11.8. The van der Waals surface area contributed by atoms with Crippen LogP contribution in [0.25, 0.3) is 0 Å². The van der Waals surface area contributed by atoms with Crippen molar-refractivity contribution >= 4 is 45.5 Å². The van der Waals surface area contributed by atoms with Crippen molar-refractivity contribution in [3.8, 4) is 0 Å². The Balaban J connectivity index is 2.32. The van der Waals surface area contributed by atoms with Crippen LogP contribution in [-0.2, 0) is 4.74 Å². The Kier molecular flexibility index (Phi) is 6.33. The lowest BCUT2D eigenvalue weighted by atomic mass is 10.1. The van der Waals surface area contributed by atoms with E-state index in [-0.39, 0.29) is 28.0 Å². The maximum Gasteiger partial charge on any atom is 0.341 e. The summed E-state index contributed by atoms with van der Waals surface area (Å²) in [6.07, 6.45) is 1.64. The zero-order valence-corrected chi connectivity index (χ0v) is 15.9. The molecule has 3 N–H and O–H groups in total. The summed E-state index contributed by atoms with van der Waals surface area (Å²) in [4.78, 5) is 37.6. The van der Waals surface area contributed by atoms with Crippen LogP contribution >= 0.6 is 22.7 Å². The molecule has 0 bridgehead atoms. The quantitative estimate of drug-likeness (QED) is 0.565. The van der Waals surface area contributed by atoms with E-state index in [1.54, 1.807) is 18.4 Å². The van der Waals surface area contributed by atoms with Crippen LogP contribution in [0.15, 0.2) is 11.4 Å². The van der Waals surface area contributed by atoms with E-state index in [1.165, 1.54) is 11.3 Å². The second kappa shape index (κ2) is 8.26. The molecule has 6 nitrogen and oxygen atoms in total. The Bertz CT molecular complexity index is 808. The lowest BCUT2D eigenvalue weighted by Gasteiger charge is -2.07. The number of carbonyl (C=O) groups is 3. The number of anilines is 1. The number of nitrogens with one attached hydrogen (secondary N) is 1. The largest absolute Gasteiger partial charge is 0.462 e. The number of primary amides is 1. The zero-order chi connectivity index (χ0) is 18.6. The van der Waals surface area contributed by atoms with Gasteiger partial charge in [-0.3, -0.25) is 9.59 Å². The Morgan fingerprint density at radius 2 is 2.00 bits per heavy atom. The van der Waals surface area contributed by atoms with Crippen LogP contribution in [-0.4, -0.2) is 24.4 Å². The molecule has 0 radical (unpaired) electrons. The molecule has 0 fully saturated rings. The summed E-state index contributed by atoms with van der Waals surface area (Å²) in [5, 5.41) is 4.72. The van der Waals surface area contributed by atoms with E-state index in [9.17, 15) is 14.4 Å². The molecule has 0 aliphatic heterocycles. The fraction of sp³-hybridized carbons (Fsp3) is 0.353. The number of esters is 1. The summed E-state index contributed by atoms with van der Waals surface area (Å²) < 4.78 is 5.24. The topological polar surface area (TPSA) is 98.5 Å². The first-order valence-electron chi connectivity index (χ1n) is 7.82. The highest BCUT2D eigenvalue weighted by Crippen LogP contribution is 2.34. The third-order valence-corrected chi connectivity index (χ3v) is 5.61. The predicted octanol–water partition coefficient (Wildman–Crippen LogP) is 3.73. The van der Waals surface area contributed by atoms with E-state index < -0.39 is 11.9 Å². The van der Waals surface area contributed by atoms with Crippen LogP contribution in [0.2, 0.25) is 0 Å². The molecule has 8 heteroatoms. The summed E-state index contributed by atoms with van der Waals surface area (Å²) >= 11 is 2.45. The molecule has 2 heterocycles. The number of nitrogens with two attached hydrogens (primary N) is 1. The van der Waals surface area contributed by atoms with Crippen molar-refractivity contribution in [2.24, 2.45) is 5.73 Å². The molecule has 2 aromatic heterocycles. The summed E-state index contributed by atoms with van der Waals surface area (Å²) in [6, 6.07) is 1.76. The molecule has 0 unspecified atom stereocenters. The summed E-state index contributed by atoms with van der Waals surface area (Å²) in [5.41, 5.74) is 6.49. The summed E-state index contributed by atoms with van der Waals surface area (Å²) in [7, 11) is 0. The average molecular weight is 380 g/mol. The van der Waals surface area contributed by atoms with Crippen LogP contribution < -0.4 is 11.1 Å². The standard InChI is InChI=1S/C17H20N2O4S2/c1-4-5-6-23-17(22)12-10(3)13(14(18)20)25-16(12)19-15(21)11-7-9(2)24-8-11/h7-8H,4-6H2,1-3H3,(H2,18,20)(H,19,21). The number of ether oxygens (including phenoxy) is 1. The smallest absolute Gasteiger partial charge is 0.341 e. The average Bonchev–Trinajstić information content (AvgIpc) is 3.11. The Hall–Kier alpha value is -2.19. The van der Waals surface area contributed by atoms with Crippen LogP contribution in [0, 0.1) is 13.8 Å². The number of aryl methyl sites for hydroxylation is 1. The molecule has 0 saturated carbocycles. The normalized spacial score (nSPS) is 10.5.